The smallest absolute Gasteiger partial charge is 0.359 e. The van der Waals surface area contributed by atoms with Gasteiger partial charge >= 0.3 is 6.18 Å². The molecule has 2 atom stereocenters. The van der Waals surface area contributed by atoms with E-state index < -0.39 is 41.8 Å². The van der Waals surface area contributed by atoms with Crippen molar-refractivity contribution in [1.82, 2.24) is 25.1 Å². The number of carbonyl (C=O) groups excluding carboxylic acids is 3. The number of likely N-dealkylation sites (tertiary alicyclic amines) is 2. The van der Waals surface area contributed by atoms with Crippen LogP contribution in [0.5, 0.6) is 0 Å². The number of thiazole rings is 1. The van der Waals surface area contributed by atoms with Crippen molar-refractivity contribution >= 4 is 34.9 Å². The van der Waals surface area contributed by atoms with Gasteiger partial charge in [0.15, 0.2) is 5.01 Å². The molecule has 15 heteroatoms. The summed E-state index contributed by atoms with van der Waals surface area (Å²) in [4.78, 5) is 49.1. The van der Waals surface area contributed by atoms with Crippen molar-refractivity contribution in [2.24, 2.45) is 0 Å². The average molecular weight is 589 g/mol. The fraction of sp³-hybridized carbons (Fsp3) is 0.560. The zero-order valence-electron chi connectivity index (χ0n) is 22.0. The van der Waals surface area contributed by atoms with Gasteiger partial charge < -0.3 is 20.4 Å². The fourth-order valence-electron chi connectivity index (χ4n) is 4.70. The molecule has 0 spiro atoms. The highest BCUT2D eigenvalue weighted by atomic mass is 32.1. The molecule has 2 saturated heterocycles. The van der Waals surface area contributed by atoms with Gasteiger partial charge in [0.05, 0.1) is 10.9 Å². The van der Waals surface area contributed by atoms with Gasteiger partial charge in [0.2, 0.25) is 5.91 Å². The second kappa shape index (κ2) is 11.6. The van der Waals surface area contributed by atoms with E-state index in [2.05, 4.69) is 20.6 Å². The van der Waals surface area contributed by atoms with Crippen LogP contribution >= 0.6 is 11.3 Å². The molecule has 0 unspecified atom stereocenters. The Balaban J connectivity index is 1.70. The van der Waals surface area contributed by atoms with Crippen LogP contribution in [0.1, 0.15) is 72.3 Å². The molecule has 0 aromatic carbocycles. The molecule has 2 aliphatic heterocycles. The predicted molar refractivity (Wildman–Crippen MR) is 137 cm³/mol. The molecular formula is C25H29F5N6O3S. The largest absolute Gasteiger partial charge is 0.408 e. The highest BCUT2D eigenvalue weighted by molar-refractivity contribution is 7.17. The maximum Gasteiger partial charge on any atom is 0.408 e. The lowest BCUT2D eigenvalue weighted by Gasteiger charge is -2.38. The summed E-state index contributed by atoms with van der Waals surface area (Å²) in [7, 11) is 0. The number of hydrogen-bond donors (Lipinski definition) is 2. The van der Waals surface area contributed by atoms with Crippen molar-refractivity contribution in [2.75, 3.05) is 25.0 Å². The van der Waals surface area contributed by atoms with E-state index in [0.717, 1.165) is 36.4 Å². The van der Waals surface area contributed by atoms with Gasteiger partial charge in [-0.3, -0.25) is 14.4 Å². The number of rotatable bonds is 8. The van der Waals surface area contributed by atoms with E-state index in [4.69, 9.17) is 0 Å². The summed E-state index contributed by atoms with van der Waals surface area (Å²) >= 11 is 0.728. The zero-order valence-corrected chi connectivity index (χ0v) is 22.8. The van der Waals surface area contributed by atoms with E-state index in [9.17, 15) is 36.3 Å². The standard InChI is InChI=1S/C25H29F5N6O3S/c1-4-17(25(28,29)30)33-18-8-15(21(26)27)16(9-31-18)20-19(24(39)36-7-5-6-12(36)2)34-23(40-20)22(38)32-14-10-35(11-14)13(3)37/h8-9,12,14,17,21H,4-7,10-11H2,1-3H3,(H,31,33)(H,32,38)/t12-,17-/m0/s1. The Morgan fingerprint density at radius 1 is 1.23 bits per heavy atom. The molecule has 0 radical (unpaired) electrons. The molecule has 3 amide bonds. The topological polar surface area (TPSA) is 108 Å². The third kappa shape index (κ3) is 6.18. The number of carbonyl (C=O) groups is 3. The molecule has 2 fully saturated rings. The summed E-state index contributed by atoms with van der Waals surface area (Å²) in [6, 6.07) is -1.62. The summed E-state index contributed by atoms with van der Waals surface area (Å²) in [6.07, 6.45) is -5.62. The number of hydrogen-bond acceptors (Lipinski definition) is 7. The number of aromatic nitrogens is 2. The van der Waals surface area contributed by atoms with Crippen LogP contribution in [-0.2, 0) is 4.79 Å². The molecule has 2 aromatic heterocycles. The number of alkyl halides is 5. The van der Waals surface area contributed by atoms with Gasteiger partial charge in [-0.2, -0.15) is 13.2 Å². The van der Waals surface area contributed by atoms with Gasteiger partial charge in [-0.25, -0.2) is 18.7 Å². The van der Waals surface area contributed by atoms with Crippen LogP contribution < -0.4 is 10.6 Å². The maximum atomic E-state index is 14.2. The van der Waals surface area contributed by atoms with Crippen LogP contribution in [0, 0.1) is 0 Å². The maximum absolute atomic E-state index is 14.2. The van der Waals surface area contributed by atoms with Crippen LogP contribution in [0.15, 0.2) is 12.3 Å². The van der Waals surface area contributed by atoms with Gasteiger partial charge in [-0.05, 0) is 32.3 Å². The average Bonchev–Trinajstić information content (AvgIpc) is 3.49. The second-order valence-electron chi connectivity index (χ2n) is 9.89. The Morgan fingerprint density at radius 3 is 2.48 bits per heavy atom. The number of amides is 3. The first-order chi connectivity index (χ1) is 18.8. The molecule has 2 N–H and O–H groups in total. The number of anilines is 1. The minimum absolute atomic E-state index is 0.0227. The van der Waals surface area contributed by atoms with Crippen LogP contribution in [0.3, 0.4) is 0 Å². The van der Waals surface area contributed by atoms with Gasteiger partial charge in [-0.15, -0.1) is 11.3 Å². The molecule has 0 aliphatic carbocycles. The molecule has 2 aromatic rings. The zero-order chi connectivity index (χ0) is 29.4. The van der Waals surface area contributed by atoms with Crippen molar-refractivity contribution in [3.8, 4) is 10.4 Å². The monoisotopic (exact) mass is 588 g/mol. The van der Waals surface area contributed by atoms with Crippen LogP contribution in [0.25, 0.3) is 10.4 Å². The lowest BCUT2D eigenvalue weighted by Crippen LogP contribution is -2.60. The van der Waals surface area contributed by atoms with E-state index in [1.165, 1.54) is 18.7 Å². The number of pyridine rings is 1. The Kier molecular flexibility index (Phi) is 8.61. The summed E-state index contributed by atoms with van der Waals surface area (Å²) < 4.78 is 68.2. The quantitative estimate of drug-likeness (QED) is 0.441. The Hall–Kier alpha value is -3.36. The van der Waals surface area contributed by atoms with Crippen LogP contribution in [0.2, 0.25) is 0 Å². The third-order valence-corrected chi connectivity index (χ3v) is 8.13. The molecule has 2 aliphatic rings. The van der Waals surface area contributed by atoms with Crippen molar-refractivity contribution in [3.63, 3.8) is 0 Å². The minimum atomic E-state index is -4.62. The van der Waals surface area contributed by atoms with Crippen LogP contribution in [0.4, 0.5) is 27.8 Å². The third-order valence-electron chi connectivity index (χ3n) is 7.04. The van der Waals surface area contributed by atoms with E-state index in [1.54, 1.807) is 4.90 Å². The molecular weight excluding hydrogens is 559 g/mol. The molecule has 0 bridgehead atoms. The molecule has 0 saturated carbocycles. The molecule has 40 heavy (non-hydrogen) atoms. The van der Waals surface area contributed by atoms with Gasteiger partial charge in [0.25, 0.3) is 18.2 Å². The van der Waals surface area contributed by atoms with Crippen molar-refractivity contribution in [2.45, 2.75) is 70.8 Å². The predicted octanol–water partition coefficient (Wildman–Crippen LogP) is 4.48. The summed E-state index contributed by atoms with van der Waals surface area (Å²) in [5, 5.41) is 4.73. The Morgan fingerprint density at radius 2 is 1.93 bits per heavy atom. The van der Waals surface area contributed by atoms with Crippen molar-refractivity contribution in [1.29, 1.82) is 0 Å². The Labute approximate surface area is 231 Å². The molecule has 9 nitrogen and oxygen atoms in total. The first kappa shape index (κ1) is 29.6. The summed E-state index contributed by atoms with van der Waals surface area (Å²) in [5.41, 5.74) is -1.04. The van der Waals surface area contributed by atoms with E-state index in [-0.39, 0.29) is 45.6 Å². The van der Waals surface area contributed by atoms with E-state index >= 15 is 0 Å². The summed E-state index contributed by atoms with van der Waals surface area (Å²) in [5.74, 6) is -1.70. The first-order valence-electron chi connectivity index (χ1n) is 12.8. The normalized spacial score (nSPS) is 18.6. The fourth-order valence-corrected chi connectivity index (χ4v) is 5.70. The van der Waals surface area contributed by atoms with Gasteiger partial charge in [-0.1, -0.05) is 6.92 Å². The highest BCUT2D eigenvalue weighted by Crippen LogP contribution is 2.39. The van der Waals surface area contributed by atoms with Crippen molar-refractivity contribution in [3.05, 3.63) is 28.5 Å². The van der Waals surface area contributed by atoms with Crippen molar-refractivity contribution < 1.29 is 36.3 Å². The van der Waals surface area contributed by atoms with Gasteiger partial charge in [0, 0.05) is 49.9 Å². The van der Waals surface area contributed by atoms with Crippen LogP contribution in [-0.4, -0.2) is 81.4 Å². The molecule has 4 heterocycles. The number of halogens is 5. The summed E-state index contributed by atoms with van der Waals surface area (Å²) in [6.45, 7) is 5.60. The lowest BCUT2D eigenvalue weighted by atomic mass is 10.1. The van der Waals surface area contributed by atoms with Gasteiger partial charge in [0.1, 0.15) is 17.6 Å². The molecule has 218 valence electrons. The first-order valence-corrected chi connectivity index (χ1v) is 13.6. The second-order valence-corrected chi connectivity index (χ2v) is 10.9. The Bertz CT molecular complexity index is 1280. The lowest BCUT2D eigenvalue weighted by molar-refractivity contribution is -0.143. The minimum Gasteiger partial charge on any atom is -0.359 e. The van der Waals surface area contributed by atoms with E-state index in [0.29, 0.717) is 19.6 Å². The molecule has 4 rings (SSSR count). The number of nitrogens with zero attached hydrogens (tertiary/aromatic N) is 4. The number of nitrogens with one attached hydrogen (secondary N) is 2. The highest BCUT2D eigenvalue weighted by Gasteiger charge is 2.39. The SMILES string of the molecule is CC[C@H](Nc1cc(C(F)F)c(-c2sc(C(=O)NC3CN(C(C)=O)C3)nc2C(=O)N2CCC[C@@H]2C)cn1)C(F)(F)F. The van der Waals surface area contributed by atoms with E-state index in [1.807, 2.05) is 6.92 Å².